The van der Waals surface area contributed by atoms with Crippen LogP contribution in [0.4, 0.5) is 13.2 Å². The van der Waals surface area contributed by atoms with Crippen molar-refractivity contribution in [3.8, 4) is 0 Å². The van der Waals surface area contributed by atoms with Crippen molar-refractivity contribution in [3.63, 3.8) is 0 Å². The molecule has 9 heteroatoms. The van der Waals surface area contributed by atoms with Gasteiger partial charge in [0.25, 0.3) is 0 Å². The highest BCUT2D eigenvalue weighted by Crippen LogP contribution is 2.17. The van der Waals surface area contributed by atoms with Crippen LogP contribution in [0.5, 0.6) is 0 Å². The number of rotatable bonds is 4. The second kappa shape index (κ2) is 8.23. The van der Waals surface area contributed by atoms with E-state index in [0.717, 1.165) is 5.69 Å². The summed E-state index contributed by atoms with van der Waals surface area (Å²) in [5.74, 6) is 0.334. The topological polar surface area (TPSA) is 54.2 Å². The van der Waals surface area contributed by atoms with Gasteiger partial charge in [-0.2, -0.15) is 18.3 Å². The molecular formula is C10H17F3IN5. The number of aliphatic imine (C=N–C) groups is 1. The second-order valence-corrected chi connectivity index (χ2v) is 3.66. The second-order valence-electron chi connectivity index (χ2n) is 3.66. The summed E-state index contributed by atoms with van der Waals surface area (Å²) in [5, 5.41) is 9.49. The molecule has 0 aliphatic carbocycles. The molecule has 1 rings (SSSR count). The summed E-state index contributed by atoms with van der Waals surface area (Å²) in [6.07, 6.45) is -3.40. The van der Waals surface area contributed by atoms with Crippen LogP contribution in [0.25, 0.3) is 0 Å². The number of halogens is 4. The van der Waals surface area contributed by atoms with Crippen molar-refractivity contribution < 1.29 is 13.2 Å². The van der Waals surface area contributed by atoms with Gasteiger partial charge in [-0.25, -0.2) is 0 Å². The molecule has 0 unspecified atom stereocenters. The number of guanidine groups is 1. The normalized spacial score (nSPS) is 11.9. The van der Waals surface area contributed by atoms with E-state index < -0.39 is 12.6 Å². The van der Waals surface area contributed by atoms with E-state index in [0.29, 0.717) is 12.5 Å². The van der Waals surface area contributed by atoms with Crippen LogP contribution in [-0.4, -0.2) is 35.5 Å². The molecule has 0 saturated carbocycles. The monoisotopic (exact) mass is 391 g/mol. The molecule has 1 heterocycles. The predicted molar refractivity (Wildman–Crippen MR) is 77.5 cm³/mol. The molecule has 0 spiro atoms. The average Bonchev–Trinajstić information content (AvgIpc) is 2.67. The van der Waals surface area contributed by atoms with Gasteiger partial charge in [-0.1, -0.05) is 0 Å². The fourth-order valence-electron chi connectivity index (χ4n) is 1.29. The third kappa shape index (κ3) is 7.23. The van der Waals surface area contributed by atoms with Gasteiger partial charge in [-0.3, -0.25) is 9.67 Å². The largest absolute Gasteiger partial charge is 0.390 e. The van der Waals surface area contributed by atoms with Gasteiger partial charge < -0.3 is 10.6 Å². The van der Waals surface area contributed by atoms with Gasteiger partial charge >= 0.3 is 6.18 Å². The first-order valence-electron chi connectivity index (χ1n) is 5.40. The van der Waals surface area contributed by atoms with Crippen molar-refractivity contribution >= 4 is 29.9 Å². The zero-order valence-corrected chi connectivity index (χ0v) is 13.0. The van der Waals surface area contributed by atoms with Gasteiger partial charge in [0.1, 0.15) is 0 Å². The van der Waals surface area contributed by atoms with Crippen LogP contribution in [-0.2, 0) is 13.6 Å². The fraction of sp³-hybridized carbons (Fsp3) is 0.600. The lowest BCUT2D eigenvalue weighted by atomic mass is 10.4. The SMILES string of the molecule is CN=C(NCCC(F)(F)F)NCc1ccnn1C.I. The summed E-state index contributed by atoms with van der Waals surface area (Å²) in [6, 6.07) is 1.82. The van der Waals surface area contributed by atoms with Crippen molar-refractivity contribution in [3.05, 3.63) is 18.0 Å². The van der Waals surface area contributed by atoms with Crippen LogP contribution in [0, 0.1) is 0 Å². The maximum absolute atomic E-state index is 12.0. The number of alkyl halides is 3. The van der Waals surface area contributed by atoms with E-state index in [2.05, 4.69) is 20.7 Å². The molecule has 1 aromatic rings. The fourth-order valence-corrected chi connectivity index (χ4v) is 1.29. The van der Waals surface area contributed by atoms with Crippen LogP contribution < -0.4 is 10.6 Å². The van der Waals surface area contributed by atoms with E-state index in [1.165, 1.54) is 7.05 Å². The molecule has 0 fully saturated rings. The Morgan fingerprint density at radius 3 is 2.58 bits per heavy atom. The van der Waals surface area contributed by atoms with Gasteiger partial charge in [-0.15, -0.1) is 24.0 Å². The molecule has 1 aromatic heterocycles. The molecule has 0 aliphatic heterocycles. The molecular weight excluding hydrogens is 374 g/mol. The van der Waals surface area contributed by atoms with Gasteiger partial charge in [0.05, 0.1) is 18.7 Å². The number of nitrogens with one attached hydrogen (secondary N) is 2. The maximum Gasteiger partial charge on any atom is 0.390 e. The maximum atomic E-state index is 12.0. The van der Waals surface area contributed by atoms with Gasteiger partial charge in [0.15, 0.2) is 5.96 Å². The third-order valence-electron chi connectivity index (χ3n) is 2.28. The molecule has 0 bridgehead atoms. The van der Waals surface area contributed by atoms with Crippen LogP contribution in [0.3, 0.4) is 0 Å². The highest BCUT2D eigenvalue weighted by molar-refractivity contribution is 14.0. The first kappa shape index (κ1) is 18.0. The zero-order valence-electron chi connectivity index (χ0n) is 10.7. The van der Waals surface area contributed by atoms with Gasteiger partial charge in [0, 0.05) is 26.8 Å². The molecule has 0 atom stereocenters. The Kier molecular flexibility index (Phi) is 7.79. The smallest absolute Gasteiger partial charge is 0.356 e. The van der Waals surface area contributed by atoms with Crippen molar-refractivity contribution in [2.24, 2.45) is 12.0 Å². The molecule has 0 saturated heterocycles. The van der Waals surface area contributed by atoms with Crippen LogP contribution in [0.2, 0.25) is 0 Å². The molecule has 2 N–H and O–H groups in total. The lowest BCUT2D eigenvalue weighted by Gasteiger charge is -2.12. The number of nitrogens with zero attached hydrogens (tertiary/aromatic N) is 3. The number of hydrogen-bond acceptors (Lipinski definition) is 2. The summed E-state index contributed by atoms with van der Waals surface area (Å²) in [5.41, 5.74) is 0.911. The van der Waals surface area contributed by atoms with Crippen molar-refractivity contribution in [2.45, 2.75) is 19.1 Å². The standard InChI is InChI=1S/C10H16F3N5.HI/c1-14-9(15-6-4-10(11,12)13)16-7-8-3-5-17-18(8)2;/h3,5H,4,6-7H2,1-2H3,(H2,14,15,16);1H. The predicted octanol–water partition coefficient (Wildman–Crippen LogP) is 1.66. The first-order valence-corrected chi connectivity index (χ1v) is 5.40. The molecule has 110 valence electrons. The molecule has 5 nitrogen and oxygen atoms in total. The molecule has 0 radical (unpaired) electrons. The minimum Gasteiger partial charge on any atom is -0.356 e. The van der Waals surface area contributed by atoms with Gasteiger partial charge in [0.2, 0.25) is 0 Å². The summed E-state index contributed by atoms with van der Waals surface area (Å²) in [6.45, 7) is 0.247. The van der Waals surface area contributed by atoms with Gasteiger partial charge in [-0.05, 0) is 6.07 Å². The molecule has 0 aliphatic rings. The van der Waals surface area contributed by atoms with E-state index in [1.54, 1.807) is 17.9 Å². The van der Waals surface area contributed by atoms with Crippen molar-refractivity contribution in [1.82, 2.24) is 20.4 Å². The van der Waals surface area contributed by atoms with Crippen LogP contribution in [0.1, 0.15) is 12.1 Å². The van der Waals surface area contributed by atoms with Crippen LogP contribution >= 0.6 is 24.0 Å². The van der Waals surface area contributed by atoms with E-state index in [-0.39, 0.29) is 30.5 Å². The lowest BCUT2D eigenvalue weighted by Crippen LogP contribution is -2.38. The van der Waals surface area contributed by atoms with E-state index in [1.807, 2.05) is 6.07 Å². The molecule has 0 aromatic carbocycles. The Morgan fingerprint density at radius 1 is 1.42 bits per heavy atom. The molecule has 19 heavy (non-hydrogen) atoms. The Bertz CT molecular complexity index is 402. The first-order chi connectivity index (χ1) is 8.42. The Labute approximate surface area is 126 Å². The summed E-state index contributed by atoms with van der Waals surface area (Å²) >= 11 is 0. The average molecular weight is 391 g/mol. The lowest BCUT2D eigenvalue weighted by molar-refractivity contribution is -0.132. The zero-order chi connectivity index (χ0) is 13.6. The summed E-state index contributed by atoms with van der Waals surface area (Å²) in [7, 11) is 3.29. The number of hydrogen-bond donors (Lipinski definition) is 2. The van der Waals surface area contributed by atoms with Crippen molar-refractivity contribution in [1.29, 1.82) is 0 Å². The molecule has 0 amide bonds. The minimum atomic E-state index is -4.16. The Morgan fingerprint density at radius 2 is 2.11 bits per heavy atom. The third-order valence-corrected chi connectivity index (χ3v) is 2.28. The number of aromatic nitrogens is 2. The highest BCUT2D eigenvalue weighted by Gasteiger charge is 2.26. The van der Waals surface area contributed by atoms with Crippen molar-refractivity contribution in [2.75, 3.05) is 13.6 Å². The number of aryl methyl sites for hydroxylation is 1. The van der Waals surface area contributed by atoms with E-state index in [4.69, 9.17) is 0 Å². The highest BCUT2D eigenvalue weighted by atomic mass is 127. The quantitative estimate of drug-likeness (QED) is 0.467. The summed E-state index contributed by atoms with van der Waals surface area (Å²) in [4.78, 5) is 3.83. The van der Waals surface area contributed by atoms with E-state index >= 15 is 0 Å². The van der Waals surface area contributed by atoms with E-state index in [9.17, 15) is 13.2 Å². The van der Waals surface area contributed by atoms with Crippen LogP contribution in [0.15, 0.2) is 17.3 Å². The Hall–Kier alpha value is -1.00. The Balaban J connectivity index is 0.00000324. The minimum absolute atomic E-state index is 0. The summed E-state index contributed by atoms with van der Waals surface area (Å²) < 4.78 is 37.6.